The second kappa shape index (κ2) is 11.0. The number of aromatic nitrogens is 8. The van der Waals surface area contributed by atoms with Gasteiger partial charge in [-0.15, -0.1) is 0 Å². The minimum atomic E-state index is -0.638. The van der Waals surface area contributed by atoms with E-state index in [2.05, 4.69) is 25.4 Å². The van der Waals surface area contributed by atoms with Crippen molar-refractivity contribution >= 4 is 33.8 Å². The Bertz CT molecular complexity index is 1990. The van der Waals surface area contributed by atoms with Crippen LogP contribution in [0.1, 0.15) is 5.56 Å². The molecule has 4 aromatic heterocycles. The number of anilines is 1. The molecule has 1 amide bonds. The fourth-order valence-corrected chi connectivity index (χ4v) is 4.56. The zero-order chi connectivity index (χ0) is 28.3. The van der Waals surface area contributed by atoms with Crippen LogP contribution in [0.2, 0.25) is 0 Å². The summed E-state index contributed by atoms with van der Waals surface area (Å²) in [6, 6.07) is 16.8. The molecule has 6 rings (SSSR count). The summed E-state index contributed by atoms with van der Waals surface area (Å²) in [5, 5.41) is 6.98. The normalized spacial score (nSPS) is 11.3. The first kappa shape index (κ1) is 25.8. The van der Waals surface area contributed by atoms with Crippen molar-refractivity contribution in [3.8, 4) is 5.82 Å². The van der Waals surface area contributed by atoms with E-state index in [-0.39, 0.29) is 17.7 Å². The molecule has 13 nitrogen and oxygen atoms in total. The van der Waals surface area contributed by atoms with Crippen molar-refractivity contribution in [2.45, 2.75) is 19.6 Å². The van der Waals surface area contributed by atoms with E-state index in [1.807, 2.05) is 54.6 Å². The monoisotopic (exact) mass is 551 g/mol. The molecule has 0 radical (unpaired) electrons. The van der Waals surface area contributed by atoms with Gasteiger partial charge in [0, 0.05) is 13.7 Å². The Hall–Kier alpha value is -5.43. The van der Waals surface area contributed by atoms with Gasteiger partial charge in [-0.2, -0.15) is 5.10 Å². The standard InChI is InChI=1S/C28H25N9O4/c1-41-12-11-34-18-30-26-25(34)27(39)36(28(40)35(26)15-19-7-3-2-4-8-19)17-24(38)32-20-13-31-37(16-20)23-14-29-21-9-5-6-10-22(21)33-23/h2-10,13-14,16,18H,11-12,15,17H2,1H3,(H,32,38). The average molecular weight is 552 g/mol. The zero-order valence-electron chi connectivity index (χ0n) is 22.0. The van der Waals surface area contributed by atoms with Crippen molar-refractivity contribution in [1.82, 2.24) is 38.4 Å². The van der Waals surface area contributed by atoms with Crippen LogP contribution in [0.4, 0.5) is 5.69 Å². The molecule has 0 aliphatic carbocycles. The second-order valence-electron chi connectivity index (χ2n) is 9.29. The highest BCUT2D eigenvalue weighted by Crippen LogP contribution is 2.14. The number of rotatable bonds is 9. The molecular formula is C28H25N9O4. The number of carbonyl (C=O) groups is 1. The van der Waals surface area contributed by atoms with Gasteiger partial charge in [-0.25, -0.2) is 24.0 Å². The molecule has 4 heterocycles. The van der Waals surface area contributed by atoms with E-state index in [1.165, 1.54) is 21.8 Å². The van der Waals surface area contributed by atoms with E-state index in [4.69, 9.17) is 4.74 Å². The fourth-order valence-electron chi connectivity index (χ4n) is 4.56. The number of fused-ring (bicyclic) bond motifs is 2. The van der Waals surface area contributed by atoms with Gasteiger partial charge in [0.2, 0.25) is 5.91 Å². The summed E-state index contributed by atoms with van der Waals surface area (Å²) < 4.78 is 10.6. The molecule has 0 fully saturated rings. The number of hydrogen-bond acceptors (Lipinski definition) is 8. The van der Waals surface area contributed by atoms with E-state index in [9.17, 15) is 14.4 Å². The lowest BCUT2D eigenvalue weighted by atomic mass is 10.2. The summed E-state index contributed by atoms with van der Waals surface area (Å²) in [5.74, 6) is -0.0964. The highest BCUT2D eigenvalue weighted by atomic mass is 16.5. The predicted octanol–water partition coefficient (Wildman–Crippen LogP) is 1.82. The molecule has 0 unspecified atom stereocenters. The van der Waals surface area contributed by atoms with Gasteiger partial charge in [-0.05, 0) is 17.7 Å². The van der Waals surface area contributed by atoms with Crippen LogP contribution in [0.3, 0.4) is 0 Å². The zero-order valence-corrected chi connectivity index (χ0v) is 22.0. The third kappa shape index (κ3) is 5.13. The van der Waals surface area contributed by atoms with Gasteiger partial charge in [0.25, 0.3) is 5.56 Å². The molecule has 6 aromatic rings. The van der Waals surface area contributed by atoms with Crippen molar-refractivity contribution < 1.29 is 9.53 Å². The molecule has 0 aliphatic rings. The number of ether oxygens (including phenoxy) is 1. The third-order valence-electron chi connectivity index (χ3n) is 6.54. The number of carbonyl (C=O) groups excluding carboxylic acids is 1. The van der Waals surface area contributed by atoms with E-state index in [0.29, 0.717) is 30.2 Å². The molecule has 2 aromatic carbocycles. The van der Waals surface area contributed by atoms with Gasteiger partial charge in [0.15, 0.2) is 17.0 Å². The summed E-state index contributed by atoms with van der Waals surface area (Å²) in [6.45, 7) is 0.376. The number of para-hydroxylation sites is 2. The summed E-state index contributed by atoms with van der Waals surface area (Å²) >= 11 is 0. The molecule has 0 saturated carbocycles. The predicted molar refractivity (Wildman–Crippen MR) is 151 cm³/mol. The number of hydrogen-bond donors (Lipinski definition) is 1. The topological polar surface area (TPSA) is 144 Å². The number of benzene rings is 2. The van der Waals surface area contributed by atoms with Crippen LogP contribution in [0.25, 0.3) is 28.0 Å². The quantitative estimate of drug-likeness (QED) is 0.287. The maximum atomic E-state index is 13.6. The number of amides is 1. The van der Waals surface area contributed by atoms with Gasteiger partial charge >= 0.3 is 5.69 Å². The average Bonchev–Trinajstić information content (AvgIpc) is 3.64. The number of methoxy groups -OCH3 is 1. The largest absolute Gasteiger partial charge is 0.383 e. The smallest absolute Gasteiger partial charge is 0.333 e. The van der Waals surface area contributed by atoms with Crippen molar-refractivity contribution in [3.63, 3.8) is 0 Å². The number of imidazole rings is 1. The van der Waals surface area contributed by atoms with Crippen LogP contribution in [-0.2, 0) is 29.2 Å². The molecule has 206 valence electrons. The van der Waals surface area contributed by atoms with E-state index in [1.54, 1.807) is 24.1 Å². The Morgan fingerprint density at radius 3 is 2.54 bits per heavy atom. The molecule has 0 spiro atoms. The lowest BCUT2D eigenvalue weighted by Gasteiger charge is -2.13. The lowest BCUT2D eigenvalue weighted by Crippen LogP contribution is -2.43. The number of nitrogens with one attached hydrogen (secondary N) is 1. The molecule has 41 heavy (non-hydrogen) atoms. The summed E-state index contributed by atoms with van der Waals surface area (Å²) in [7, 11) is 1.56. The van der Waals surface area contributed by atoms with Gasteiger partial charge < -0.3 is 14.6 Å². The maximum Gasteiger partial charge on any atom is 0.333 e. The Morgan fingerprint density at radius 2 is 1.73 bits per heavy atom. The number of nitrogens with zero attached hydrogens (tertiary/aromatic N) is 8. The summed E-state index contributed by atoms with van der Waals surface area (Å²) in [5.41, 5.74) is 1.89. The molecule has 0 atom stereocenters. The second-order valence-corrected chi connectivity index (χ2v) is 9.29. The molecule has 0 bridgehead atoms. The van der Waals surface area contributed by atoms with Crippen molar-refractivity contribution in [2.75, 3.05) is 19.0 Å². The van der Waals surface area contributed by atoms with Crippen LogP contribution in [-0.4, -0.2) is 58.1 Å². The Kier molecular flexibility index (Phi) is 6.92. The Morgan fingerprint density at radius 1 is 0.951 bits per heavy atom. The van der Waals surface area contributed by atoms with Gasteiger partial charge in [0.05, 0.1) is 54.8 Å². The molecule has 0 saturated heterocycles. The lowest BCUT2D eigenvalue weighted by molar-refractivity contribution is -0.116. The highest BCUT2D eigenvalue weighted by Gasteiger charge is 2.20. The molecule has 1 N–H and O–H groups in total. The van der Waals surface area contributed by atoms with Gasteiger partial charge in [-0.1, -0.05) is 42.5 Å². The van der Waals surface area contributed by atoms with Crippen LogP contribution >= 0.6 is 0 Å². The fraction of sp³-hybridized carbons (Fsp3) is 0.179. The minimum Gasteiger partial charge on any atom is -0.383 e. The van der Waals surface area contributed by atoms with E-state index in [0.717, 1.165) is 15.6 Å². The minimum absolute atomic E-state index is 0.179. The highest BCUT2D eigenvalue weighted by molar-refractivity contribution is 5.90. The first-order chi connectivity index (χ1) is 20.0. The third-order valence-corrected chi connectivity index (χ3v) is 6.54. The van der Waals surface area contributed by atoms with Gasteiger partial charge in [0.1, 0.15) is 6.54 Å². The van der Waals surface area contributed by atoms with Gasteiger partial charge in [-0.3, -0.25) is 19.1 Å². The molecule has 13 heteroatoms. The Labute approximate surface area is 232 Å². The first-order valence-electron chi connectivity index (χ1n) is 12.8. The van der Waals surface area contributed by atoms with Crippen LogP contribution in [0, 0.1) is 0 Å². The van der Waals surface area contributed by atoms with Crippen molar-refractivity contribution in [2.24, 2.45) is 0 Å². The summed E-state index contributed by atoms with van der Waals surface area (Å²) in [4.78, 5) is 53.5. The first-order valence-corrected chi connectivity index (χ1v) is 12.8. The van der Waals surface area contributed by atoms with E-state index >= 15 is 0 Å². The summed E-state index contributed by atoms with van der Waals surface area (Å²) in [6.07, 6.45) is 6.11. The van der Waals surface area contributed by atoms with Crippen molar-refractivity contribution in [3.05, 3.63) is 106 Å². The maximum absolute atomic E-state index is 13.6. The Balaban J connectivity index is 1.30. The van der Waals surface area contributed by atoms with Crippen LogP contribution in [0.15, 0.2) is 89.1 Å². The van der Waals surface area contributed by atoms with Crippen molar-refractivity contribution in [1.29, 1.82) is 0 Å². The molecular weight excluding hydrogens is 526 g/mol. The van der Waals surface area contributed by atoms with E-state index < -0.39 is 23.7 Å². The van der Waals surface area contributed by atoms with Crippen LogP contribution < -0.4 is 16.6 Å². The SMILES string of the molecule is COCCn1cnc2c1c(=O)n(CC(=O)Nc1cnn(-c3cnc4ccccc4n3)c1)c(=O)n2Cc1ccccc1. The molecule has 0 aliphatic heterocycles. The van der Waals surface area contributed by atoms with Crippen LogP contribution in [0.5, 0.6) is 0 Å².